The molecule has 1 rings (SSSR count). The number of esters is 1. The van der Waals surface area contributed by atoms with Gasteiger partial charge in [-0.2, -0.15) is 0 Å². The van der Waals surface area contributed by atoms with Crippen molar-refractivity contribution in [3.8, 4) is 0 Å². The van der Waals surface area contributed by atoms with Gasteiger partial charge in [-0.25, -0.2) is 0 Å². The summed E-state index contributed by atoms with van der Waals surface area (Å²) < 4.78 is 4.63. The summed E-state index contributed by atoms with van der Waals surface area (Å²) in [4.78, 5) is 12.1. The Morgan fingerprint density at radius 1 is 1.56 bits per heavy atom. The van der Waals surface area contributed by atoms with Gasteiger partial charge in [0.15, 0.2) is 0 Å². The van der Waals surface area contributed by atoms with Crippen LogP contribution in [0.5, 0.6) is 0 Å². The number of carbonyl (C=O) groups excluding carboxylic acids is 1. The molecule has 0 amide bonds. The molecule has 1 aromatic heterocycles. The quantitative estimate of drug-likeness (QED) is 0.746. The Hall–Kier alpha value is -0.910. The van der Waals surface area contributed by atoms with Crippen LogP contribution in [0.4, 0.5) is 0 Å². The van der Waals surface area contributed by atoms with E-state index in [2.05, 4.69) is 10.1 Å². The largest absolute Gasteiger partial charge is 0.469 e. The lowest BCUT2D eigenvalue weighted by atomic mass is 10.0. The van der Waals surface area contributed by atoms with Gasteiger partial charge < -0.3 is 15.2 Å². The molecule has 18 heavy (non-hydrogen) atoms. The predicted molar refractivity (Wildman–Crippen MR) is 72.6 cm³/mol. The van der Waals surface area contributed by atoms with E-state index in [0.717, 1.165) is 4.88 Å². The molecule has 5 heteroatoms. The highest BCUT2D eigenvalue weighted by atomic mass is 32.1. The lowest BCUT2D eigenvalue weighted by molar-refractivity contribution is -0.141. The highest BCUT2D eigenvalue weighted by Gasteiger charge is 2.23. The van der Waals surface area contributed by atoms with Crippen molar-refractivity contribution in [2.45, 2.75) is 44.9 Å². The molecule has 4 nitrogen and oxygen atoms in total. The molecule has 2 N–H and O–H groups in total. The fourth-order valence-electron chi connectivity index (χ4n) is 1.79. The van der Waals surface area contributed by atoms with E-state index in [1.54, 1.807) is 0 Å². The average molecular weight is 271 g/mol. The van der Waals surface area contributed by atoms with Gasteiger partial charge in [-0.05, 0) is 17.9 Å². The summed E-state index contributed by atoms with van der Waals surface area (Å²) in [7, 11) is 1.38. The van der Waals surface area contributed by atoms with Crippen molar-refractivity contribution in [2.75, 3.05) is 7.11 Å². The maximum absolute atomic E-state index is 11.2. The maximum Gasteiger partial charge on any atom is 0.305 e. The Balaban J connectivity index is 2.62. The van der Waals surface area contributed by atoms with Crippen LogP contribution in [0.3, 0.4) is 0 Å². The molecule has 1 heterocycles. The van der Waals surface area contributed by atoms with Crippen molar-refractivity contribution in [3.63, 3.8) is 0 Å². The number of methoxy groups -OCH3 is 1. The van der Waals surface area contributed by atoms with Crippen molar-refractivity contribution in [1.82, 2.24) is 5.32 Å². The maximum atomic E-state index is 11.2. The molecule has 2 atom stereocenters. The number of hydrogen-bond acceptors (Lipinski definition) is 5. The van der Waals surface area contributed by atoms with E-state index < -0.39 is 6.10 Å². The number of aliphatic hydroxyl groups excluding tert-OH is 1. The van der Waals surface area contributed by atoms with Crippen LogP contribution >= 0.6 is 11.3 Å². The molecule has 0 spiro atoms. The summed E-state index contributed by atoms with van der Waals surface area (Å²) in [5.41, 5.74) is 0. The fraction of sp³-hybridized carbons (Fsp3) is 0.615. The number of ether oxygens (including phenoxy) is 1. The van der Waals surface area contributed by atoms with Gasteiger partial charge in [0.05, 0.1) is 7.11 Å². The van der Waals surface area contributed by atoms with Gasteiger partial charge in [0.25, 0.3) is 0 Å². The number of hydrogen-bond donors (Lipinski definition) is 2. The second kappa shape index (κ2) is 7.51. The first-order valence-corrected chi connectivity index (χ1v) is 6.97. The van der Waals surface area contributed by atoms with Crippen molar-refractivity contribution in [3.05, 3.63) is 22.4 Å². The van der Waals surface area contributed by atoms with E-state index in [1.807, 2.05) is 31.4 Å². The lowest BCUT2D eigenvalue weighted by Crippen LogP contribution is -2.39. The van der Waals surface area contributed by atoms with Crippen molar-refractivity contribution in [1.29, 1.82) is 0 Å². The standard InChI is InChI=1S/C13H21NO3S/c1-9(2)14-10(6-7-12(15)17-3)13(16)11-5-4-8-18-11/h4-5,8-10,13-14,16H,6-7H2,1-3H3. The number of nitrogens with one attached hydrogen (secondary N) is 1. The summed E-state index contributed by atoms with van der Waals surface area (Å²) in [6, 6.07) is 3.93. The Morgan fingerprint density at radius 3 is 2.78 bits per heavy atom. The van der Waals surface area contributed by atoms with Crippen LogP contribution in [0.25, 0.3) is 0 Å². The van der Waals surface area contributed by atoms with E-state index in [4.69, 9.17) is 0 Å². The minimum absolute atomic E-state index is 0.136. The molecule has 0 aliphatic heterocycles. The zero-order valence-corrected chi connectivity index (χ0v) is 11.9. The van der Waals surface area contributed by atoms with E-state index in [0.29, 0.717) is 12.8 Å². The third-order valence-corrected chi connectivity index (χ3v) is 3.59. The minimum atomic E-state index is -0.586. The smallest absolute Gasteiger partial charge is 0.305 e. The Kier molecular flexibility index (Phi) is 6.32. The zero-order chi connectivity index (χ0) is 13.5. The van der Waals surface area contributed by atoms with Gasteiger partial charge in [0.1, 0.15) is 6.10 Å². The zero-order valence-electron chi connectivity index (χ0n) is 11.1. The van der Waals surface area contributed by atoms with E-state index in [1.165, 1.54) is 18.4 Å². The number of carbonyl (C=O) groups is 1. The van der Waals surface area contributed by atoms with Crippen molar-refractivity contribution < 1.29 is 14.6 Å². The molecular weight excluding hydrogens is 250 g/mol. The first-order valence-electron chi connectivity index (χ1n) is 6.09. The first kappa shape index (κ1) is 15.1. The van der Waals surface area contributed by atoms with E-state index in [-0.39, 0.29) is 18.1 Å². The highest BCUT2D eigenvalue weighted by Crippen LogP contribution is 2.24. The van der Waals surface area contributed by atoms with Crippen molar-refractivity contribution >= 4 is 17.3 Å². The van der Waals surface area contributed by atoms with Gasteiger partial charge in [-0.3, -0.25) is 4.79 Å². The fourth-order valence-corrected chi connectivity index (χ4v) is 2.57. The average Bonchev–Trinajstić information content (AvgIpc) is 2.86. The molecule has 0 aliphatic rings. The summed E-state index contributed by atoms with van der Waals surface area (Å²) in [5, 5.41) is 15.5. The summed E-state index contributed by atoms with van der Waals surface area (Å²) >= 11 is 1.52. The van der Waals surface area contributed by atoms with Crippen LogP contribution in [0, 0.1) is 0 Å². The number of rotatable bonds is 7. The summed E-state index contributed by atoms with van der Waals surface area (Å²) in [5.74, 6) is -0.246. The Labute approximate surface area is 112 Å². The first-order chi connectivity index (χ1) is 8.54. The van der Waals surface area contributed by atoms with Crippen LogP contribution in [-0.4, -0.2) is 30.3 Å². The summed E-state index contributed by atoms with van der Waals surface area (Å²) in [6.45, 7) is 4.04. The van der Waals surface area contributed by atoms with Crippen molar-refractivity contribution in [2.24, 2.45) is 0 Å². The van der Waals surface area contributed by atoms with Gasteiger partial charge in [-0.1, -0.05) is 19.9 Å². The molecule has 0 fully saturated rings. The lowest BCUT2D eigenvalue weighted by Gasteiger charge is -2.25. The molecule has 0 radical (unpaired) electrons. The van der Waals surface area contributed by atoms with Gasteiger partial charge in [0.2, 0.25) is 0 Å². The third-order valence-electron chi connectivity index (χ3n) is 2.65. The molecular formula is C13H21NO3S. The molecule has 0 aliphatic carbocycles. The van der Waals surface area contributed by atoms with Gasteiger partial charge in [0, 0.05) is 23.4 Å². The molecule has 0 bridgehead atoms. The normalized spacial score (nSPS) is 14.5. The third kappa shape index (κ3) is 4.76. The van der Waals surface area contributed by atoms with Crippen LogP contribution in [0.15, 0.2) is 17.5 Å². The molecule has 2 unspecified atom stereocenters. The van der Waals surface area contributed by atoms with Crippen LogP contribution in [-0.2, 0) is 9.53 Å². The second-order valence-electron chi connectivity index (χ2n) is 4.50. The number of aliphatic hydroxyl groups is 1. The van der Waals surface area contributed by atoms with Gasteiger partial charge >= 0.3 is 5.97 Å². The highest BCUT2D eigenvalue weighted by molar-refractivity contribution is 7.10. The van der Waals surface area contributed by atoms with E-state index >= 15 is 0 Å². The van der Waals surface area contributed by atoms with Crippen LogP contribution in [0.1, 0.15) is 37.7 Å². The SMILES string of the molecule is COC(=O)CCC(NC(C)C)C(O)c1cccs1. The summed E-state index contributed by atoms with van der Waals surface area (Å²) in [6.07, 6.45) is 0.282. The Morgan fingerprint density at radius 2 is 2.28 bits per heavy atom. The molecule has 102 valence electrons. The number of thiophene rings is 1. The van der Waals surface area contributed by atoms with Crippen LogP contribution in [0.2, 0.25) is 0 Å². The molecule has 0 aromatic carbocycles. The molecule has 0 saturated carbocycles. The Bertz CT molecular complexity index is 351. The molecule has 0 saturated heterocycles. The van der Waals surface area contributed by atoms with Crippen LogP contribution < -0.4 is 5.32 Å². The predicted octanol–water partition coefficient (Wildman–Crippen LogP) is 2.10. The monoisotopic (exact) mass is 271 g/mol. The van der Waals surface area contributed by atoms with Gasteiger partial charge in [-0.15, -0.1) is 11.3 Å². The molecule has 1 aromatic rings. The van der Waals surface area contributed by atoms with E-state index in [9.17, 15) is 9.90 Å². The minimum Gasteiger partial charge on any atom is -0.469 e. The topological polar surface area (TPSA) is 58.6 Å². The second-order valence-corrected chi connectivity index (χ2v) is 5.48.